The van der Waals surface area contributed by atoms with Gasteiger partial charge in [-0.15, -0.1) is 11.6 Å². The van der Waals surface area contributed by atoms with Crippen LogP contribution < -0.4 is 4.90 Å². The maximum absolute atomic E-state index is 6.09. The lowest BCUT2D eigenvalue weighted by molar-refractivity contribution is 0.102. The maximum Gasteiger partial charge on any atom is 0.128 e. The number of pyridine rings is 1. The van der Waals surface area contributed by atoms with Crippen molar-refractivity contribution in [2.45, 2.75) is 31.2 Å². The number of nitrogens with zero attached hydrogens (tertiary/aromatic N) is 3. The molecule has 0 bridgehead atoms. The summed E-state index contributed by atoms with van der Waals surface area (Å²) in [5, 5.41) is 0.663. The van der Waals surface area contributed by atoms with Crippen molar-refractivity contribution in [1.82, 2.24) is 9.88 Å². The summed E-state index contributed by atoms with van der Waals surface area (Å²) in [4.78, 5) is 9.42. The molecular formula is C15H21Cl2N3. The Bertz CT molecular complexity index is 480. The number of likely N-dealkylation sites (tertiary alicyclic amines) is 1. The molecule has 1 aromatic rings. The van der Waals surface area contributed by atoms with Crippen LogP contribution in [0.1, 0.15) is 24.8 Å². The standard InChI is InChI=1S/C15H21Cl2N3/c1-19-5-2-3-11-10-20(6-4-14(11)19)15-7-12(8-16)13(17)9-18-15/h7,9,11,14H,2-6,8,10H2,1H3. The summed E-state index contributed by atoms with van der Waals surface area (Å²) in [5.74, 6) is 2.23. The van der Waals surface area contributed by atoms with E-state index >= 15 is 0 Å². The fourth-order valence-electron chi connectivity index (χ4n) is 3.60. The topological polar surface area (TPSA) is 19.4 Å². The van der Waals surface area contributed by atoms with Crippen molar-refractivity contribution in [3.8, 4) is 0 Å². The van der Waals surface area contributed by atoms with E-state index in [1.807, 2.05) is 6.07 Å². The molecule has 2 atom stereocenters. The van der Waals surface area contributed by atoms with E-state index in [1.54, 1.807) is 6.20 Å². The van der Waals surface area contributed by atoms with E-state index in [9.17, 15) is 0 Å². The summed E-state index contributed by atoms with van der Waals surface area (Å²) in [5.41, 5.74) is 0.973. The highest BCUT2D eigenvalue weighted by Crippen LogP contribution is 2.32. The van der Waals surface area contributed by atoms with E-state index < -0.39 is 0 Å². The number of hydrogen-bond donors (Lipinski definition) is 0. The summed E-state index contributed by atoms with van der Waals surface area (Å²) in [6, 6.07) is 2.79. The van der Waals surface area contributed by atoms with E-state index in [0.29, 0.717) is 10.9 Å². The number of piperidine rings is 2. The Morgan fingerprint density at radius 1 is 1.35 bits per heavy atom. The van der Waals surface area contributed by atoms with Gasteiger partial charge < -0.3 is 9.80 Å². The molecule has 2 aliphatic heterocycles. The van der Waals surface area contributed by atoms with Crippen LogP contribution in [0.15, 0.2) is 12.3 Å². The predicted molar refractivity (Wildman–Crippen MR) is 84.8 cm³/mol. The number of rotatable bonds is 2. The first-order valence-corrected chi connectivity index (χ1v) is 8.26. The Morgan fingerprint density at radius 3 is 3.00 bits per heavy atom. The fraction of sp³-hybridized carbons (Fsp3) is 0.667. The predicted octanol–water partition coefficient (Wildman–Crippen LogP) is 3.39. The molecule has 110 valence electrons. The lowest BCUT2D eigenvalue weighted by Gasteiger charge is -2.46. The highest BCUT2D eigenvalue weighted by atomic mass is 35.5. The molecule has 3 nitrogen and oxygen atoms in total. The van der Waals surface area contributed by atoms with Crippen LogP contribution in [0.25, 0.3) is 0 Å². The molecule has 0 radical (unpaired) electrons. The van der Waals surface area contributed by atoms with E-state index in [4.69, 9.17) is 23.2 Å². The molecule has 0 amide bonds. The van der Waals surface area contributed by atoms with Crippen molar-refractivity contribution < 1.29 is 0 Å². The van der Waals surface area contributed by atoms with Gasteiger partial charge in [0.2, 0.25) is 0 Å². The van der Waals surface area contributed by atoms with Crippen molar-refractivity contribution in [1.29, 1.82) is 0 Å². The van der Waals surface area contributed by atoms with Crippen LogP contribution >= 0.6 is 23.2 Å². The minimum Gasteiger partial charge on any atom is -0.356 e. The van der Waals surface area contributed by atoms with Gasteiger partial charge in [0.15, 0.2) is 0 Å². The first-order chi connectivity index (χ1) is 9.69. The minimum absolute atomic E-state index is 0.441. The number of anilines is 1. The zero-order chi connectivity index (χ0) is 14.1. The summed E-state index contributed by atoms with van der Waals surface area (Å²) in [6.45, 7) is 3.42. The lowest BCUT2D eigenvalue weighted by atomic mass is 9.84. The largest absolute Gasteiger partial charge is 0.356 e. The zero-order valence-corrected chi connectivity index (χ0v) is 13.4. The van der Waals surface area contributed by atoms with Crippen molar-refractivity contribution in [3.05, 3.63) is 22.8 Å². The van der Waals surface area contributed by atoms with E-state index in [0.717, 1.165) is 36.4 Å². The number of aromatic nitrogens is 1. The Balaban J connectivity index is 1.76. The minimum atomic E-state index is 0.441. The molecule has 0 saturated carbocycles. The maximum atomic E-state index is 6.09. The highest BCUT2D eigenvalue weighted by Gasteiger charge is 2.34. The quantitative estimate of drug-likeness (QED) is 0.780. The van der Waals surface area contributed by atoms with Crippen molar-refractivity contribution in [3.63, 3.8) is 0 Å². The SMILES string of the molecule is CN1CCCC2CN(c3cc(CCl)c(Cl)cn3)CCC21. The van der Waals surface area contributed by atoms with E-state index in [2.05, 4.69) is 21.8 Å². The smallest absolute Gasteiger partial charge is 0.128 e. The molecule has 2 aliphatic rings. The number of fused-ring (bicyclic) bond motifs is 1. The molecule has 3 rings (SSSR count). The molecule has 2 unspecified atom stereocenters. The summed E-state index contributed by atoms with van der Waals surface area (Å²) in [6.07, 6.45) is 5.60. The third kappa shape index (κ3) is 2.76. The Hall–Kier alpha value is -0.510. The van der Waals surface area contributed by atoms with Gasteiger partial charge in [-0.2, -0.15) is 0 Å². The second-order valence-electron chi connectivity index (χ2n) is 5.95. The van der Waals surface area contributed by atoms with Crippen LogP contribution in [-0.2, 0) is 5.88 Å². The monoisotopic (exact) mass is 313 g/mol. The van der Waals surface area contributed by atoms with Gasteiger partial charge >= 0.3 is 0 Å². The van der Waals surface area contributed by atoms with Crippen molar-refractivity contribution in [2.75, 3.05) is 31.6 Å². The molecule has 2 saturated heterocycles. The van der Waals surface area contributed by atoms with Gasteiger partial charge in [0.1, 0.15) is 5.82 Å². The third-order valence-corrected chi connectivity index (χ3v) is 5.36. The van der Waals surface area contributed by atoms with Crippen molar-refractivity contribution in [2.24, 2.45) is 5.92 Å². The van der Waals surface area contributed by atoms with Crippen LogP contribution in [0.5, 0.6) is 0 Å². The van der Waals surface area contributed by atoms with Gasteiger partial charge in [0.25, 0.3) is 0 Å². The number of alkyl halides is 1. The number of halogens is 2. The van der Waals surface area contributed by atoms with E-state index in [1.165, 1.54) is 25.8 Å². The van der Waals surface area contributed by atoms with Crippen LogP contribution in [0.2, 0.25) is 5.02 Å². The molecule has 2 fully saturated rings. The molecule has 0 aromatic carbocycles. The number of hydrogen-bond acceptors (Lipinski definition) is 3. The normalized spacial score (nSPS) is 27.4. The Kier molecular flexibility index (Phi) is 4.39. The second-order valence-corrected chi connectivity index (χ2v) is 6.63. The highest BCUT2D eigenvalue weighted by molar-refractivity contribution is 6.32. The molecule has 0 aliphatic carbocycles. The average molecular weight is 314 g/mol. The first-order valence-electron chi connectivity index (χ1n) is 7.34. The fourth-order valence-corrected chi connectivity index (χ4v) is 4.06. The Morgan fingerprint density at radius 2 is 2.20 bits per heavy atom. The molecule has 3 heterocycles. The zero-order valence-electron chi connectivity index (χ0n) is 11.9. The molecule has 0 spiro atoms. The van der Waals surface area contributed by atoms with Gasteiger partial charge in [-0.25, -0.2) is 4.98 Å². The van der Waals surface area contributed by atoms with Crippen LogP contribution in [0, 0.1) is 5.92 Å². The first kappa shape index (κ1) is 14.4. The third-order valence-electron chi connectivity index (χ3n) is 4.73. The second kappa shape index (κ2) is 6.08. The summed E-state index contributed by atoms with van der Waals surface area (Å²) < 4.78 is 0. The van der Waals surface area contributed by atoms with Gasteiger partial charge in [-0.05, 0) is 50.4 Å². The molecule has 0 N–H and O–H groups in total. The molecule has 5 heteroatoms. The van der Waals surface area contributed by atoms with Gasteiger partial charge in [0.05, 0.1) is 5.02 Å². The summed E-state index contributed by atoms with van der Waals surface area (Å²) in [7, 11) is 2.26. The van der Waals surface area contributed by atoms with Crippen LogP contribution in [-0.4, -0.2) is 42.6 Å². The Labute approximate surface area is 130 Å². The molecule has 20 heavy (non-hydrogen) atoms. The molecule has 1 aromatic heterocycles. The van der Waals surface area contributed by atoms with Gasteiger partial charge in [-0.1, -0.05) is 11.6 Å². The van der Waals surface area contributed by atoms with Crippen LogP contribution in [0.4, 0.5) is 5.82 Å². The lowest BCUT2D eigenvalue weighted by Crippen LogP contribution is -2.52. The van der Waals surface area contributed by atoms with Crippen molar-refractivity contribution >= 4 is 29.0 Å². The van der Waals surface area contributed by atoms with Gasteiger partial charge in [0, 0.05) is 31.2 Å². The van der Waals surface area contributed by atoms with Gasteiger partial charge in [-0.3, -0.25) is 0 Å². The summed E-state index contributed by atoms with van der Waals surface area (Å²) >= 11 is 12.0. The molecular weight excluding hydrogens is 293 g/mol. The van der Waals surface area contributed by atoms with Crippen LogP contribution in [0.3, 0.4) is 0 Å². The average Bonchev–Trinajstić information content (AvgIpc) is 2.47. The van der Waals surface area contributed by atoms with E-state index in [-0.39, 0.29) is 0 Å².